The van der Waals surface area contributed by atoms with E-state index in [1.807, 2.05) is 24.3 Å². The molecule has 0 aliphatic carbocycles. The van der Waals surface area contributed by atoms with E-state index in [-0.39, 0.29) is 31.8 Å². The SMILES string of the molecule is O=C(Nc1ccc([C@@H]2O[C@H](CSc3cccc[n+]3[O-])C[C@H](c3ccc(CO)cc3)O2)cc1)[C@@H]1CCCN1C(=O)C(F)(F)F. The van der Waals surface area contributed by atoms with Gasteiger partial charge in [0, 0.05) is 42.1 Å². The van der Waals surface area contributed by atoms with Gasteiger partial charge >= 0.3 is 12.1 Å². The van der Waals surface area contributed by atoms with Gasteiger partial charge in [-0.05, 0) is 42.2 Å². The second kappa shape index (κ2) is 13.3. The van der Waals surface area contributed by atoms with E-state index < -0.39 is 30.3 Å². The minimum Gasteiger partial charge on any atom is -0.618 e. The smallest absolute Gasteiger partial charge is 0.471 e. The van der Waals surface area contributed by atoms with Crippen molar-refractivity contribution < 1.29 is 42.1 Å². The fourth-order valence-electron chi connectivity index (χ4n) is 5.12. The molecule has 4 atom stereocenters. The molecule has 2 saturated heterocycles. The number of carbonyl (C=O) groups is 2. The van der Waals surface area contributed by atoms with Crippen LogP contribution in [0.2, 0.25) is 0 Å². The molecule has 3 aromatic rings. The summed E-state index contributed by atoms with van der Waals surface area (Å²) in [6, 6.07) is 18.0. The summed E-state index contributed by atoms with van der Waals surface area (Å²) in [5.41, 5.74) is 2.67. The van der Waals surface area contributed by atoms with Crippen LogP contribution in [-0.2, 0) is 25.7 Å². The molecule has 2 N–H and O–H groups in total. The van der Waals surface area contributed by atoms with Crippen LogP contribution in [0.5, 0.6) is 0 Å². The molecular formula is C30H30F3N3O6S. The maximum Gasteiger partial charge on any atom is 0.471 e. The van der Waals surface area contributed by atoms with Gasteiger partial charge in [0.15, 0.2) is 12.5 Å². The maximum atomic E-state index is 13.0. The summed E-state index contributed by atoms with van der Waals surface area (Å²) in [5.74, 6) is -2.22. The lowest BCUT2D eigenvalue weighted by atomic mass is 10.0. The molecule has 228 valence electrons. The van der Waals surface area contributed by atoms with Gasteiger partial charge in [-0.15, -0.1) is 0 Å². The molecule has 0 saturated carbocycles. The Morgan fingerprint density at radius 2 is 1.77 bits per heavy atom. The normalized spacial score (nSPS) is 22.4. The number of anilines is 1. The molecule has 2 amide bonds. The summed E-state index contributed by atoms with van der Waals surface area (Å²) in [5, 5.41) is 24.7. The van der Waals surface area contributed by atoms with Crippen LogP contribution in [0.25, 0.3) is 0 Å². The van der Waals surface area contributed by atoms with E-state index in [1.54, 1.807) is 42.5 Å². The molecule has 0 radical (unpaired) electrons. The monoisotopic (exact) mass is 617 g/mol. The van der Waals surface area contributed by atoms with Gasteiger partial charge < -0.3 is 30.0 Å². The van der Waals surface area contributed by atoms with Crippen molar-refractivity contribution in [3.05, 3.63) is 94.8 Å². The van der Waals surface area contributed by atoms with Crippen LogP contribution in [0, 0.1) is 5.21 Å². The number of pyridine rings is 1. The van der Waals surface area contributed by atoms with Crippen LogP contribution in [0.3, 0.4) is 0 Å². The van der Waals surface area contributed by atoms with Crippen LogP contribution < -0.4 is 10.0 Å². The fraction of sp³-hybridized carbons (Fsp3) is 0.367. The number of halogens is 3. The Kier molecular flexibility index (Phi) is 9.55. The summed E-state index contributed by atoms with van der Waals surface area (Å²) in [4.78, 5) is 25.1. The van der Waals surface area contributed by atoms with Gasteiger partial charge in [0.25, 0.3) is 5.03 Å². The van der Waals surface area contributed by atoms with Crippen molar-refractivity contribution in [2.24, 2.45) is 0 Å². The fourth-order valence-corrected chi connectivity index (χ4v) is 6.05. The Hall–Kier alpha value is -3.65. The number of nitrogens with one attached hydrogen (secondary N) is 1. The average molecular weight is 618 g/mol. The van der Waals surface area contributed by atoms with E-state index in [1.165, 1.54) is 18.0 Å². The molecule has 5 rings (SSSR count). The van der Waals surface area contributed by atoms with Gasteiger partial charge in [-0.25, -0.2) is 0 Å². The van der Waals surface area contributed by atoms with Crippen molar-refractivity contribution in [2.45, 2.75) is 61.6 Å². The van der Waals surface area contributed by atoms with E-state index in [4.69, 9.17) is 9.47 Å². The number of likely N-dealkylation sites (tertiary alicyclic amines) is 1. The summed E-state index contributed by atoms with van der Waals surface area (Å²) < 4.78 is 52.3. The Morgan fingerprint density at radius 3 is 2.44 bits per heavy atom. The standard InChI is InChI=1S/C30H30F3N3O6S/c31-30(32,33)29(39)35-14-3-4-24(35)27(38)34-22-12-10-21(11-13-22)28-41-23(18-43-26-5-1-2-15-36(26)40)16-25(42-28)20-8-6-19(17-37)7-9-20/h1-2,5-13,15,23-25,28,37H,3-4,14,16-18H2,(H,34,38)/t23-,24-,25+,28+/m0/s1. The van der Waals surface area contributed by atoms with Crippen LogP contribution in [0.15, 0.2) is 78.0 Å². The molecule has 2 aliphatic heterocycles. The number of amides is 2. The molecule has 2 aromatic carbocycles. The van der Waals surface area contributed by atoms with Crippen molar-refractivity contribution in [3.8, 4) is 0 Å². The highest BCUT2D eigenvalue weighted by molar-refractivity contribution is 7.99. The highest BCUT2D eigenvalue weighted by atomic mass is 32.2. The zero-order valence-electron chi connectivity index (χ0n) is 22.9. The molecule has 0 unspecified atom stereocenters. The van der Waals surface area contributed by atoms with Crippen LogP contribution in [0.4, 0.5) is 18.9 Å². The molecule has 43 heavy (non-hydrogen) atoms. The zero-order chi connectivity index (χ0) is 30.6. The number of aliphatic hydroxyl groups is 1. The first-order chi connectivity index (χ1) is 20.6. The van der Waals surface area contributed by atoms with Crippen molar-refractivity contribution in [1.82, 2.24) is 4.90 Å². The topological polar surface area (TPSA) is 115 Å². The first kappa shape index (κ1) is 30.8. The third kappa shape index (κ3) is 7.47. The van der Waals surface area contributed by atoms with Gasteiger partial charge in [0.1, 0.15) is 6.04 Å². The number of aromatic nitrogens is 1. The van der Waals surface area contributed by atoms with Crippen LogP contribution in [0.1, 0.15) is 48.3 Å². The number of benzene rings is 2. The molecule has 1 aromatic heterocycles. The van der Waals surface area contributed by atoms with Crippen molar-refractivity contribution in [3.63, 3.8) is 0 Å². The highest BCUT2D eigenvalue weighted by Gasteiger charge is 2.47. The minimum atomic E-state index is -5.04. The minimum absolute atomic E-state index is 0.0800. The highest BCUT2D eigenvalue weighted by Crippen LogP contribution is 2.39. The number of alkyl halides is 3. The van der Waals surface area contributed by atoms with Crippen molar-refractivity contribution >= 4 is 29.3 Å². The first-order valence-corrected chi connectivity index (χ1v) is 14.7. The molecule has 0 bridgehead atoms. The van der Waals surface area contributed by atoms with Gasteiger partial charge in [-0.3, -0.25) is 9.59 Å². The van der Waals surface area contributed by atoms with E-state index >= 15 is 0 Å². The van der Waals surface area contributed by atoms with Crippen molar-refractivity contribution in [1.29, 1.82) is 0 Å². The summed E-state index contributed by atoms with van der Waals surface area (Å²) in [7, 11) is 0. The Morgan fingerprint density at radius 1 is 1.05 bits per heavy atom. The number of nitrogens with zero attached hydrogens (tertiary/aromatic N) is 2. The average Bonchev–Trinajstić information content (AvgIpc) is 3.50. The number of aliphatic hydroxyl groups excluding tert-OH is 1. The Labute approximate surface area is 250 Å². The Bertz CT molecular complexity index is 1420. The van der Waals surface area contributed by atoms with Crippen LogP contribution in [-0.4, -0.2) is 52.4 Å². The van der Waals surface area contributed by atoms with Gasteiger partial charge in [-0.2, -0.15) is 17.9 Å². The predicted molar refractivity (Wildman–Crippen MR) is 150 cm³/mol. The predicted octanol–water partition coefficient (Wildman–Crippen LogP) is 4.64. The maximum absolute atomic E-state index is 13.0. The summed E-state index contributed by atoms with van der Waals surface area (Å²) in [6.07, 6.45) is -4.05. The quantitative estimate of drug-likeness (QED) is 0.215. The van der Waals surface area contributed by atoms with Crippen molar-refractivity contribution in [2.75, 3.05) is 17.6 Å². The second-order valence-electron chi connectivity index (χ2n) is 10.3. The molecular weight excluding hydrogens is 587 g/mol. The number of rotatable bonds is 8. The van der Waals surface area contributed by atoms with Gasteiger partial charge in [-0.1, -0.05) is 48.2 Å². The zero-order valence-corrected chi connectivity index (χ0v) is 23.7. The molecule has 3 heterocycles. The lowest BCUT2D eigenvalue weighted by Crippen LogP contribution is -2.48. The summed E-state index contributed by atoms with van der Waals surface area (Å²) in [6.45, 7) is -0.211. The first-order valence-electron chi connectivity index (χ1n) is 13.7. The van der Waals surface area contributed by atoms with E-state index in [2.05, 4.69) is 5.32 Å². The lowest BCUT2D eigenvalue weighted by molar-refractivity contribution is -0.645. The number of thioether (sulfide) groups is 1. The molecule has 13 heteroatoms. The molecule has 2 fully saturated rings. The molecule has 9 nitrogen and oxygen atoms in total. The number of ether oxygens (including phenoxy) is 2. The summed E-state index contributed by atoms with van der Waals surface area (Å²) >= 11 is 1.37. The molecule has 0 spiro atoms. The Balaban J connectivity index is 1.28. The van der Waals surface area contributed by atoms with E-state index in [0.717, 1.165) is 15.9 Å². The lowest BCUT2D eigenvalue weighted by Gasteiger charge is -2.36. The number of carbonyl (C=O) groups excluding carboxylic acids is 2. The van der Waals surface area contributed by atoms with Gasteiger partial charge in [0.2, 0.25) is 5.91 Å². The third-order valence-electron chi connectivity index (χ3n) is 7.33. The van der Waals surface area contributed by atoms with E-state index in [0.29, 0.717) is 39.8 Å². The molecule has 2 aliphatic rings. The second-order valence-corrected chi connectivity index (χ2v) is 11.3. The largest absolute Gasteiger partial charge is 0.618 e. The van der Waals surface area contributed by atoms with E-state index in [9.17, 15) is 33.1 Å². The third-order valence-corrected chi connectivity index (χ3v) is 8.48. The number of hydrogen-bond donors (Lipinski definition) is 2. The van der Waals surface area contributed by atoms with Gasteiger partial charge in [0.05, 0.1) is 18.8 Å². The number of hydrogen-bond acceptors (Lipinski definition) is 7. The van der Waals surface area contributed by atoms with Crippen LogP contribution >= 0.6 is 11.8 Å².